The Morgan fingerprint density at radius 3 is 2.46 bits per heavy atom. The summed E-state index contributed by atoms with van der Waals surface area (Å²) >= 11 is 0. The van der Waals surface area contributed by atoms with Gasteiger partial charge in [0.2, 0.25) is 11.6 Å². The molecule has 5 unspecified atom stereocenters. The van der Waals surface area contributed by atoms with Crippen molar-refractivity contribution in [3.8, 4) is 0 Å². The Morgan fingerprint density at radius 1 is 1.21 bits per heavy atom. The van der Waals surface area contributed by atoms with E-state index < -0.39 is 35.1 Å². The lowest BCUT2D eigenvalue weighted by Crippen LogP contribution is -2.55. The fourth-order valence-electron chi connectivity index (χ4n) is 5.25. The summed E-state index contributed by atoms with van der Waals surface area (Å²) in [5.74, 6) is -2.27. The van der Waals surface area contributed by atoms with E-state index in [-0.39, 0.29) is 35.0 Å². The first kappa shape index (κ1) is 21.0. The first-order valence-corrected chi connectivity index (χ1v) is 9.96. The van der Waals surface area contributed by atoms with Crippen LogP contribution in [0.2, 0.25) is 0 Å². The van der Waals surface area contributed by atoms with Crippen molar-refractivity contribution < 1.29 is 29.6 Å². The van der Waals surface area contributed by atoms with Gasteiger partial charge in [-0.3, -0.25) is 9.59 Å². The number of aliphatic hydroxyl groups is 3. The molecule has 0 heterocycles. The van der Waals surface area contributed by atoms with Gasteiger partial charge in [-0.05, 0) is 40.5 Å². The second kappa shape index (κ2) is 7.25. The molecular formula is C22H30O6. The maximum atomic E-state index is 13.2. The minimum Gasteiger partial charge on any atom is -0.507 e. The number of carbonyl (C=O) groups excluding carboxylic acids is 2. The predicted molar refractivity (Wildman–Crippen MR) is 104 cm³/mol. The van der Waals surface area contributed by atoms with Gasteiger partial charge in [-0.1, -0.05) is 18.1 Å². The van der Waals surface area contributed by atoms with Crippen molar-refractivity contribution in [2.24, 2.45) is 11.3 Å². The Kier molecular flexibility index (Phi) is 5.42. The summed E-state index contributed by atoms with van der Waals surface area (Å²) in [6.45, 7) is 9.76. The Balaban J connectivity index is 2.19. The molecule has 0 saturated heterocycles. The van der Waals surface area contributed by atoms with Crippen molar-refractivity contribution in [3.05, 3.63) is 33.6 Å². The fraction of sp³-hybridized carbons (Fsp3) is 0.636. The van der Waals surface area contributed by atoms with Gasteiger partial charge in [0.05, 0.1) is 12.2 Å². The van der Waals surface area contributed by atoms with E-state index in [4.69, 9.17) is 4.74 Å². The molecule has 3 N–H and O–H groups in total. The van der Waals surface area contributed by atoms with Crippen LogP contribution in [-0.2, 0) is 14.3 Å². The molecule has 5 atom stereocenters. The number of aliphatic hydroxyl groups excluding tert-OH is 3. The second-order valence-electron chi connectivity index (χ2n) is 8.54. The third kappa shape index (κ3) is 2.90. The first-order chi connectivity index (χ1) is 13.1. The zero-order valence-electron chi connectivity index (χ0n) is 17.2. The lowest BCUT2D eigenvalue weighted by molar-refractivity contribution is -0.135. The fourth-order valence-corrected chi connectivity index (χ4v) is 5.25. The lowest BCUT2D eigenvalue weighted by Gasteiger charge is -2.52. The third-order valence-corrected chi connectivity index (χ3v) is 6.84. The predicted octanol–water partition coefficient (Wildman–Crippen LogP) is 2.55. The van der Waals surface area contributed by atoms with Gasteiger partial charge < -0.3 is 20.1 Å². The summed E-state index contributed by atoms with van der Waals surface area (Å²) in [6, 6.07) is 0. The van der Waals surface area contributed by atoms with Gasteiger partial charge >= 0.3 is 0 Å². The topological polar surface area (TPSA) is 104 Å². The number of rotatable bonds is 4. The van der Waals surface area contributed by atoms with Gasteiger partial charge in [-0.2, -0.15) is 0 Å². The van der Waals surface area contributed by atoms with Crippen LogP contribution < -0.4 is 0 Å². The molecule has 0 aromatic heterocycles. The van der Waals surface area contributed by atoms with Crippen LogP contribution in [0.1, 0.15) is 53.9 Å². The number of allylic oxidation sites excluding steroid dienone is 2. The van der Waals surface area contributed by atoms with Crippen LogP contribution >= 0.6 is 0 Å². The minimum absolute atomic E-state index is 0.0156. The highest BCUT2D eigenvalue weighted by Crippen LogP contribution is 2.57. The van der Waals surface area contributed by atoms with Crippen molar-refractivity contribution in [2.45, 2.75) is 72.2 Å². The average Bonchev–Trinajstić information content (AvgIpc) is 2.63. The number of carbonyl (C=O) groups is 2. The normalized spacial score (nSPS) is 34.6. The SMILES string of the molecule is CCOC(C)CC1=C(O)C2=C(C(=O)C1=O)C1(C)CCC(C)=C(C)C1C(O)C2O. The largest absolute Gasteiger partial charge is 0.507 e. The van der Waals surface area contributed by atoms with Crippen molar-refractivity contribution in [3.63, 3.8) is 0 Å². The number of Topliss-reactive ketones (excluding diaryl/α,β-unsaturated/α-hetero) is 2. The summed E-state index contributed by atoms with van der Waals surface area (Å²) in [5, 5.41) is 32.6. The van der Waals surface area contributed by atoms with E-state index >= 15 is 0 Å². The molecule has 0 aromatic rings. The quantitative estimate of drug-likeness (QED) is 0.387. The van der Waals surface area contributed by atoms with Gasteiger partial charge in [0.25, 0.3) is 0 Å². The standard InChI is InChI=1S/C22H30O6/c1-6-28-11(3)9-13-17(23)14-16(21(27)18(13)24)22(5)8-7-10(2)12(4)15(22)20(26)19(14)25/h11,15,19-20,23,25-26H,6-9H2,1-5H3. The summed E-state index contributed by atoms with van der Waals surface area (Å²) in [4.78, 5) is 26.0. The van der Waals surface area contributed by atoms with E-state index in [2.05, 4.69) is 0 Å². The zero-order chi connectivity index (χ0) is 21.0. The monoisotopic (exact) mass is 390 g/mol. The Morgan fingerprint density at radius 2 is 1.86 bits per heavy atom. The molecule has 6 heteroatoms. The number of hydrogen-bond acceptors (Lipinski definition) is 6. The van der Waals surface area contributed by atoms with E-state index in [1.54, 1.807) is 6.92 Å². The number of ketones is 2. The summed E-state index contributed by atoms with van der Waals surface area (Å²) in [5.41, 5.74) is 1.39. The molecule has 28 heavy (non-hydrogen) atoms. The molecule has 0 radical (unpaired) electrons. The highest BCUT2D eigenvalue weighted by Gasteiger charge is 2.57. The van der Waals surface area contributed by atoms with Crippen LogP contribution in [-0.4, -0.2) is 51.8 Å². The van der Waals surface area contributed by atoms with Gasteiger partial charge in [0, 0.05) is 41.1 Å². The van der Waals surface area contributed by atoms with E-state index in [1.165, 1.54) is 0 Å². The molecule has 6 nitrogen and oxygen atoms in total. The molecule has 3 aliphatic rings. The van der Waals surface area contributed by atoms with Crippen LogP contribution in [0.3, 0.4) is 0 Å². The second-order valence-corrected chi connectivity index (χ2v) is 8.54. The van der Waals surface area contributed by atoms with Crippen LogP contribution in [0.5, 0.6) is 0 Å². The van der Waals surface area contributed by atoms with E-state index in [1.807, 2.05) is 27.7 Å². The molecular weight excluding hydrogens is 360 g/mol. The highest BCUT2D eigenvalue weighted by atomic mass is 16.5. The lowest BCUT2D eigenvalue weighted by atomic mass is 9.53. The van der Waals surface area contributed by atoms with Crippen LogP contribution in [0.4, 0.5) is 0 Å². The molecule has 3 rings (SSSR count). The average molecular weight is 390 g/mol. The minimum atomic E-state index is -1.43. The number of hydrogen-bond donors (Lipinski definition) is 3. The summed E-state index contributed by atoms with van der Waals surface area (Å²) in [7, 11) is 0. The van der Waals surface area contributed by atoms with Gasteiger partial charge in [0.15, 0.2) is 0 Å². The third-order valence-electron chi connectivity index (χ3n) is 6.84. The highest BCUT2D eigenvalue weighted by molar-refractivity contribution is 6.50. The van der Waals surface area contributed by atoms with Crippen molar-refractivity contribution in [1.29, 1.82) is 0 Å². The Hall–Kier alpha value is -1.76. The Bertz CT molecular complexity index is 817. The van der Waals surface area contributed by atoms with E-state index in [9.17, 15) is 24.9 Å². The van der Waals surface area contributed by atoms with Crippen molar-refractivity contribution in [1.82, 2.24) is 0 Å². The zero-order valence-corrected chi connectivity index (χ0v) is 17.2. The molecule has 0 saturated carbocycles. The molecule has 154 valence electrons. The van der Waals surface area contributed by atoms with Gasteiger partial charge in [-0.15, -0.1) is 0 Å². The molecule has 0 amide bonds. The van der Waals surface area contributed by atoms with E-state index in [0.29, 0.717) is 13.0 Å². The van der Waals surface area contributed by atoms with Crippen molar-refractivity contribution >= 4 is 11.6 Å². The number of fused-ring (bicyclic) bond motifs is 2. The van der Waals surface area contributed by atoms with Crippen molar-refractivity contribution in [2.75, 3.05) is 6.61 Å². The molecule has 3 aliphatic carbocycles. The summed E-state index contributed by atoms with van der Waals surface area (Å²) in [6.07, 6.45) is -1.57. The maximum Gasteiger partial charge on any atom is 0.233 e. The number of ether oxygens (including phenoxy) is 1. The molecule has 0 aromatic carbocycles. The first-order valence-electron chi connectivity index (χ1n) is 9.96. The van der Waals surface area contributed by atoms with Crippen LogP contribution in [0.15, 0.2) is 33.6 Å². The van der Waals surface area contributed by atoms with Gasteiger partial charge in [-0.25, -0.2) is 0 Å². The molecule has 0 aliphatic heterocycles. The molecule has 0 bridgehead atoms. The summed E-state index contributed by atoms with van der Waals surface area (Å²) < 4.78 is 5.45. The molecule has 0 fully saturated rings. The van der Waals surface area contributed by atoms with Crippen LogP contribution in [0.25, 0.3) is 0 Å². The van der Waals surface area contributed by atoms with Crippen LogP contribution in [0, 0.1) is 11.3 Å². The van der Waals surface area contributed by atoms with E-state index in [0.717, 1.165) is 17.6 Å². The molecule has 0 spiro atoms. The maximum absolute atomic E-state index is 13.2. The smallest absolute Gasteiger partial charge is 0.233 e. The van der Waals surface area contributed by atoms with Gasteiger partial charge in [0.1, 0.15) is 11.9 Å². The Labute approximate surface area is 165 Å².